The van der Waals surface area contributed by atoms with Gasteiger partial charge in [0.25, 0.3) is 0 Å². The third-order valence-corrected chi connectivity index (χ3v) is 1.60. The molecule has 0 radical (unpaired) electrons. The molecule has 0 aromatic carbocycles. The maximum atomic E-state index is 9.06. The molecule has 1 rings (SSSR count). The third kappa shape index (κ3) is 1.64. The van der Waals surface area contributed by atoms with Gasteiger partial charge in [-0.1, -0.05) is 6.92 Å². The van der Waals surface area contributed by atoms with Gasteiger partial charge in [0.05, 0.1) is 0 Å². The van der Waals surface area contributed by atoms with E-state index in [1.54, 1.807) is 6.20 Å². The molecule has 3 nitrogen and oxygen atoms in total. The summed E-state index contributed by atoms with van der Waals surface area (Å²) >= 11 is 0. The first-order valence-electron chi connectivity index (χ1n) is 3.13. The number of rotatable bonds is 1. The Labute approximate surface area is 71.6 Å². The van der Waals surface area contributed by atoms with Crippen molar-refractivity contribution in [3.8, 4) is 0 Å². The minimum absolute atomic E-state index is 0. The van der Waals surface area contributed by atoms with Gasteiger partial charge in [-0.05, 0) is 6.42 Å². The van der Waals surface area contributed by atoms with Crippen LogP contribution >= 0.6 is 17.0 Å². The lowest BCUT2D eigenvalue weighted by atomic mass is 10.4. The van der Waals surface area contributed by atoms with Gasteiger partial charge in [0.15, 0.2) is 0 Å². The molecule has 1 unspecified atom stereocenters. The minimum atomic E-state index is 0. The van der Waals surface area contributed by atoms with Crippen LogP contribution in [0.4, 0.5) is 0 Å². The van der Waals surface area contributed by atoms with E-state index >= 15 is 0 Å². The average molecular weight is 209 g/mol. The van der Waals surface area contributed by atoms with Crippen molar-refractivity contribution in [2.75, 3.05) is 7.05 Å². The van der Waals surface area contributed by atoms with Crippen molar-refractivity contribution in [3.05, 3.63) is 12.4 Å². The summed E-state index contributed by atoms with van der Waals surface area (Å²) < 4.78 is 0. The van der Waals surface area contributed by atoms with E-state index in [2.05, 4.69) is 0 Å². The number of hydrogen-bond acceptors (Lipinski definition) is 3. The van der Waals surface area contributed by atoms with Crippen molar-refractivity contribution in [1.82, 2.24) is 9.96 Å². The van der Waals surface area contributed by atoms with Gasteiger partial charge < -0.3 is 4.90 Å². The van der Waals surface area contributed by atoms with Gasteiger partial charge in [-0.25, -0.2) is 5.06 Å². The summed E-state index contributed by atoms with van der Waals surface area (Å²) in [6, 6.07) is 0. The standard InChI is InChI=1S/C6H12N2O.BrH/c1-3-6-7(2)4-5-8(6)9;/h4-6,9H,3H2,1-2H3;1H. The van der Waals surface area contributed by atoms with Gasteiger partial charge in [-0.15, -0.1) is 17.0 Å². The van der Waals surface area contributed by atoms with Gasteiger partial charge in [-0.2, -0.15) is 0 Å². The Hall–Kier alpha value is -0.220. The van der Waals surface area contributed by atoms with Crippen LogP contribution in [0.2, 0.25) is 0 Å². The van der Waals surface area contributed by atoms with Crippen LogP contribution in [-0.2, 0) is 0 Å². The van der Waals surface area contributed by atoms with Crippen LogP contribution in [0.15, 0.2) is 12.4 Å². The molecule has 1 N–H and O–H groups in total. The SMILES string of the molecule is Br.CCC1N(C)C=CN1O. The van der Waals surface area contributed by atoms with Crippen molar-refractivity contribution >= 4 is 17.0 Å². The third-order valence-electron chi connectivity index (χ3n) is 1.60. The van der Waals surface area contributed by atoms with E-state index in [1.165, 1.54) is 5.06 Å². The lowest BCUT2D eigenvalue weighted by Gasteiger charge is -2.23. The molecule has 0 spiro atoms. The fourth-order valence-electron chi connectivity index (χ4n) is 1.03. The number of hydrogen-bond donors (Lipinski definition) is 1. The molecule has 1 atom stereocenters. The van der Waals surface area contributed by atoms with Crippen molar-refractivity contribution < 1.29 is 5.21 Å². The zero-order valence-electron chi connectivity index (χ0n) is 6.19. The van der Waals surface area contributed by atoms with Gasteiger partial charge in [0.1, 0.15) is 6.17 Å². The highest BCUT2D eigenvalue weighted by molar-refractivity contribution is 8.93. The van der Waals surface area contributed by atoms with Crippen LogP contribution in [0.3, 0.4) is 0 Å². The molecule has 10 heavy (non-hydrogen) atoms. The minimum Gasteiger partial charge on any atom is -0.357 e. The molecular weight excluding hydrogens is 196 g/mol. The first-order valence-corrected chi connectivity index (χ1v) is 3.13. The van der Waals surface area contributed by atoms with E-state index in [9.17, 15) is 0 Å². The highest BCUT2D eigenvalue weighted by atomic mass is 79.9. The lowest BCUT2D eigenvalue weighted by molar-refractivity contribution is -0.0998. The van der Waals surface area contributed by atoms with Crippen LogP contribution in [0, 0.1) is 0 Å². The number of nitrogens with zero attached hydrogens (tertiary/aromatic N) is 2. The Balaban J connectivity index is 0.000000810. The Morgan fingerprint density at radius 1 is 1.50 bits per heavy atom. The normalized spacial score (nSPS) is 23.3. The van der Waals surface area contributed by atoms with Crippen LogP contribution < -0.4 is 0 Å². The maximum Gasteiger partial charge on any atom is 0.125 e. The number of hydroxylamine groups is 2. The Bertz CT molecular complexity index is 117. The molecule has 1 aliphatic heterocycles. The summed E-state index contributed by atoms with van der Waals surface area (Å²) in [5, 5.41) is 10.3. The Morgan fingerprint density at radius 2 is 2.10 bits per heavy atom. The van der Waals surface area contributed by atoms with Crippen LogP contribution in [-0.4, -0.2) is 28.4 Å². The summed E-state index contributed by atoms with van der Waals surface area (Å²) in [5.41, 5.74) is 0. The van der Waals surface area contributed by atoms with E-state index in [4.69, 9.17) is 5.21 Å². The van der Waals surface area contributed by atoms with E-state index in [0.29, 0.717) is 0 Å². The fraction of sp³-hybridized carbons (Fsp3) is 0.667. The second kappa shape index (κ2) is 3.83. The lowest BCUT2D eigenvalue weighted by Crippen LogP contribution is -2.33. The van der Waals surface area contributed by atoms with Crippen LogP contribution in [0.1, 0.15) is 13.3 Å². The van der Waals surface area contributed by atoms with Crippen LogP contribution in [0.25, 0.3) is 0 Å². The summed E-state index contributed by atoms with van der Waals surface area (Å²) in [4.78, 5) is 1.97. The zero-order chi connectivity index (χ0) is 6.85. The number of halogens is 1. The molecular formula is C6H13BrN2O. The monoisotopic (exact) mass is 208 g/mol. The van der Waals surface area contributed by atoms with E-state index in [1.807, 2.05) is 25.1 Å². The predicted molar refractivity (Wildman–Crippen MR) is 44.9 cm³/mol. The molecule has 0 aromatic heterocycles. The largest absolute Gasteiger partial charge is 0.357 e. The molecule has 0 amide bonds. The molecule has 4 heteroatoms. The highest BCUT2D eigenvalue weighted by Gasteiger charge is 2.18. The molecule has 0 saturated heterocycles. The molecule has 0 bridgehead atoms. The van der Waals surface area contributed by atoms with Gasteiger partial charge in [0.2, 0.25) is 0 Å². The van der Waals surface area contributed by atoms with Gasteiger partial charge >= 0.3 is 0 Å². The topological polar surface area (TPSA) is 26.7 Å². The molecule has 0 aliphatic carbocycles. The second-order valence-corrected chi connectivity index (χ2v) is 2.23. The van der Waals surface area contributed by atoms with Gasteiger partial charge in [-0.3, -0.25) is 5.21 Å². The van der Waals surface area contributed by atoms with Crippen molar-refractivity contribution in [3.63, 3.8) is 0 Å². The van der Waals surface area contributed by atoms with E-state index in [-0.39, 0.29) is 23.1 Å². The smallest absolute Gasteiger partial charge is 0.125 e. The fourth-order valence-corrected chi connectivity index (χ4v) is 1.03. The summed E-state index contributed by atoms with van der Waals surface area (Å²) in [5.74, 6) is 0. The maximum absolute atomic E-state index is 9.06. The molecule has 1 aliphatic rings. The van der Waals surface area contributed by atoms with E-state index in [0.717, 1.165) is 6.42 Å². The Kier molecular flexibility index (Phi) is 3.75. The van der Waals surface area contributed by atoms with E-state index < -0.39 is 0 Å². The van der Waals surface area contributed by atoms with Gasteiger partial charge in [0, 0.05) is 19.4 Å². The average Bonchev–Trinajstić information content (AvgIpc) is 2.12. The zero-order valence-corrected chi connectivity index (χ0v) is 7.90. The van der Waals surface area contributed by atoms with Crippen LogP contribution in [0.5, 0.6) is 0 Å². The van der Waals surface area contributed by atoms with Crippen molar-refractivity contribution in [1.29, 1.82) is 0 Å². The van der Waals surface area contributed by atoms with Crippen molar-refractivity contribution in [2.24, 2.45) is 0 Å². The highest BCUT2D eigenvalue weighted by Crippen LogP contribution is 2.12. The summed E-state index contributed by atoms with van der Waals surface area (Å²) in [6.07, 6.45) is 4.59. The molecule has 60 valence electrons. The first-order chi connectivity index (χ1) is 4.25. The Morgan fingerprint density at radius 3 is 2.30 bits per heavy atom. The van der Waals surface area contributed by atoms with Crippen molar-refractivity contribution in [2.45, 2.75) is 19.5 Å². The molecule has 0 saturated carbocycles. The first kappa shape index (κ1) is 9.78. The molecule has 0 fully saturated rings. The summed E-state index contributed by atoms with van der Waals surface area (Å²) in [7, 11) is 1.95. The quantitative estimate of drug-likeness (QED) is 0.707. The second-order valence-electron chi connectivity index (χ2n) is 2.23. The molecule has 0 aromatic rings. The summed E-state index contributed by atoms with van der Waals surface area (Å²) in [6.45, 7) is 2.04. The molecule has 1 heterocycles. The predicted octanol–water partition coefficient (Wildman–Crippen LogP) is 1.41.